The molecule has 1 saturated heterocycles. The molecule has 0 saturated carbocycles. The smallest absolute Gasteiger partial charge is 0.282 e. The van der Waals surface area contributed by atoms with Gasteiger partial charge in [-0.1, -0.05) is 24.3 Å². The molecule has 2 amide bonds. The zero-order valence-corrected chi connectivity index (χ0v) is 13.8. The number of amides is 2. The first kappa shape index (κ1) is 15.3. The van der Waals surface area contributed by atoms with Crippen molar-refractivity contribution in [3.63, 3.8) is 0 Å². The first-order valence-corrected chi connectivity index (χ1v) is 7.65. The molecule has 1 fully saturated rings. The van der Waals surface area contributed by atoms with E-state index in [1.165, 1.54) is 5.01 Å². The van der Waals surface area contributed by atoms with Crippen molar-refractivity contribution in [2.75, 3.05) is 12.1 Å². The predicted molar refractivity (Wildman–Crippen MR) is 90.7 cm³/mol. The molecule has 1 N–H and O–H groups in total. The highest BCUT2D eigenvalue weighted by molar-refractivity contribution is 9.10. The van der Waals surface area contributed by atoms with Crippen LogP contribution >= 0.6 is 15.9 Å². The first-order valence-electron chi connectivity index (χ1n) is 6.86. The molecule has 116 valence electrons. The van der Waals surface area contributed by atoms with E-state index in [9.17, 15) is 9.59 Å². The van der Waals surface area contributed by atoms with Gasteiger partial charge in [-0.15, -0.1) is 0 Å². The minimum Gasteiger partial charge on any atom is -0.496 e. The van der Waals surface area contributed by atoms with E-state index in [1.807, 2.05) is 6.07 Å². The van der Waals surface area contributed by atoms with Gasteiger partial charge in [0.05, 0.1) is 17.3 Å². The highest BCUT2D eigenvalue weighted by Crippen LogP contribution is 2.27. The summed E-state index contributed by atoms with van der Waals surface area (Å²) < 4.78 is 5.92. The fourth-order valence-corrected chi connectivity index (χ4v) is 2.81. The Balaban J connectivity index is 1.92. The number of hydrogen-bond donors (Lipinski definition) is 1. The molecule has 0 radical (unpaired) electrons. The first-order chi connectivity index (χ1) is 11.1. The molecule has 0 aliphatic carbocycles. The number of para-hydroxylation sites is 1. The Kier molecular flexibility index (Phi) is 4.16. The number of nitrogens with one attached hydrogen (secondary N) is 1. The summed E-state index contributed by atoms with van der Waals surface area (Å²) in [5, 5.41) is 1.24. The number of carbonyl (C=O) groups is 2. The largest absolute Gasteiger partial charge is 0.496 e. The molecule has 5 nitrogen and oxygen atoms in total. The average molecular weight is 373 g/mol. The van der Waals surface area contributed by atoms with Crippen LogP contribution in [-0.2, 0) is 9.59 Å². The van der Waals surface area contributed by atoms with Gasteiger partial charge in [-0.05, 0) is 51.8 Å². The second-order valence-electron chi connectivity index (χ2n) is 4.87. The second kappa shape index (κ2) is 6.26. The molecule has 1 aliphatic rings. The van der Waals surface area contributed by atoms with E-state index in [1.54, 1.807) is 55.7 Å². The molecule has 0 unspecified atom stereocenters. The molecule has 0 spiro atoms. The van der Waals surface area contributed by atoms with E-state index in [0.717, 1.165) is 10.0 Å². The van der Waals surface area contributed by atoms with Crippen LogP contribution in [0.4, 0.5) is 5.69 Å². The molecule has 0 aromatic heterocycles. The van der Waals surface area contributed by atoms with Gasteiger partial charge in [-0.25, -0.2) is 5.01 Å². The number of benzene rings is 2. The summed E-state index contributed by atoms with van der Waals surface area (Å²) in [4.78, 5) is 24.6. The van der Waals surface area contributed by atoms with Crippen LogP contribution in [0, 0.1) is 0 Å². The van der Waals surface area contributed by atoms with Crippen LogP contribution in [0.15, 0.2) is 58.6 Å². The number of methoxy groups -OCH3 is 1. The van der Waals surface area contributed by atoms with E-state index in [-0.39, 0.29) is 11.5 Å². The molecular weight excluding hydrogens is 360 g/mol. The van der Waals surface area contributed by atoms with Gasteiger partial charge in [0.2, 0.25) is 0 Å². The maximum Gasteiger partial charge on any atom is 0.282 e. The highest BCUT2D eigenvalue weighted by atomic mass is 79.9. The van der Waals surface area contributed by atoms with Crippen molar-refractivity contribution in [1.82, 2.24) is 5.43 Å². The Labute approximate surface area is 141 Å². The van der Waals surface area contributed by atoms with Gasteiger partial charge < -0.3 is 4.74 Å². The molecule has 0 atom stereocenters. The summed E-state index contributed by atoms with van der Waals surface area (Å²) in [6, 6.07) is 14.3. The number of rotatable bonds is 3. The lowest BCUT2D eigenvalue weighted by Crippen LogP contribution is -2.35. The fraction of sp³-hybridized carbons (Fsp3) is 0.0588. The standard InChI is InChI=1S/C17H13BrN2O3/c1-23-15-8-7-11(10-14(15)18)9-13-16(21)19-20(17(13)22)12-5-3-2-4-6-12/h2-10H,1H3,(H,19,21). The minimum atomic E-state index is -0.425. The number of halogens is 1. The molecular formula is C17H13BrN2O3. The molecule has 23 heavy (non-hydrogen) atoms. The summed E-state index contributed by atoms with van der Waals surface area (Å²) >= 11 is 3.39. The van der Waals surface area contributed by atoms with Crippen LogP contribution in [0.1, 0.15) is 5.56 Å². The molecule has 3 rings (SSSR count). The van der Waals surface area contributed by atoms with Gasteiger partial charge in [-0.3, -0.25) is 15.0 Å². The third-order valence-electron chi connectivity index (χ3n) is 3.39. The summed E-state index contributed by atoms with van der Waals surface area (Å²) in [7, 11) is 1.57. The number of nitrogens with zero attached hydrogens (tertiary/aromatic N) is 1. The molecule has 1 aliphatic heterocycles. The van der Waals surface area contributed by atoms with Gasteiger partial charge >= 0.3 is 0 Å². The van der Waals surface area contributed by atoms with Crippen molar-refractivity contribution >= 4 is 39.5 Å². The van der Waals surface area contributed by atoms with Crippen LogP contribution in [0.25, 0.3) is 6.08 Å². The van der Waals surface area contributed by atoms with Crippen LogP contribution in [0.5, 0.6) is 5.75 Å². The van der Waals surface area contributed by atoms with Crippen molar-refractivity contribution in [2.24, 2.45) is 0 Å². The van der Waals surface area contributed by atoms with E-state index in [0.29, 0.717) is 11.4 Å². The number of ether oxygens (including phenoxy) is 1. The van der Waals surface area contributed by atoms with Gasteiger partial charge in [-0.2, -0.15) is 0 Å². The van der Waals surface area contributed by atoms with Crippen LogP contribution in [-0.4, -0.2) is 18.9 Å². The Bertz CT molecular complexity index is 803. The predicted octanol–water partition coefficient (Wildman–Crippen LogP) is 2.92. The second-order valence-corrected chi connectivity index (χ2v) is 5.72. The summed E-state index contributed by atoms with van der Waals surface area (Å²) in [5.74, 6) is -0.126. The number of hydrogen-bond acceptors (Lipinski definition) is 3. The van der Waals surface area contributed by atoms with E-state index in [4.69, 9.17) is 4.74 Å². The lowest BCUT2D eigenvalue weighted by Gasteiger charge is -2.13. The SMILES string of the molecule is COc1ccc(C=C2C(=O)NN(c3ccccc3)C2=O)cc1Br. The molecule has 0 bridgehead atoms. The van der Waals surface area contributed by atoms with E-state index in [2.05, 4.69) is 21.4 Å². The Morgan fingerprint density at radius 1 is 1.13 bits per heavy atom. The summed E-state index contributed by atoms with van der Waals surface area (Å²) in [5.41, 5.74) is 4.00. The maximum atomic E-state index is 12.5. The molecule has 6 heteroatoms. The quantitative estimate of drug-likeness (QED) is 0.665. The van der Waals surface area contributed by atoms with Gasteiger partial charge in [0, 0.05) is 0 Å². The van der Waals surface area contributed by atoms with Crippen molar-refractivity contribution in [3.05, 3.63) is 64.1 Å². The fourth-order valence-electron chi connectivity index (χ4n) is 2.26. The number of anilines is 1. The van der Waals surface area contributed by atoms with Crippen LogP contribution in [0.3, 0.4) is 0 Å². The average Bonchev–Trinajstić information content (AvgIpc) is 2.84. The summed E-state index contributed by atoms with van der Waals surface area (Å²) in [6.45, 7) is 0. The molecule has 2 aromatic carbocycles. The van der Waals surface area contributed by atoms with Crippen molar-refractivity contribution < 1.29 is 14.3 Å². The maximum absolute atomic E-state index is 12.5. The minimum absolute atomic E-state index is 0.0888. The van der Waals surface area contributed by atoms with Crippen molar-refractivity contribution in [3.8, 4) is 5.75 Å². The highest BCUT2D eigenvalue weighted by Gasteiger charge is 2.34. The zero-order valence-electron chi connectivity index (χ0n) is 12.2. The molecule has 2 aromatic rings. The van der Waals surface area contributed by atoms with E-state index < -0.39 is 5.91 Å². The topological polar surface area (TPSA) is 58.6 Å². The Morgan fingerprint density at radius 3 is 2.52 bits per heavy atom. The van der Waals surface area contributed by atoms with Gasteiger partial charge in [0.25, 0.3) is 11.8 Å². The van der Waals surface area contributed by atoms with Gasteiger partial charge in [0.15, 0.2) is 0 Å². The lowest BCUT2D eigenvalue weighted by atomic mass is 10.1. The van der Waals surface area contributed by atoms with Crippen molar-refractivity contribution in [1.29, 1.82) is 0 Å². The monoisotopic (exact) mass is 372 g/mol. The van der Waals surface area contributed by atoms with Crippen LogP contribution < -0.4 is 15.2 Å². The van der Waals surface area contributed by atoms with E-state index >= 15 is 0 Å². The van der Waals surface area contributed by atoms with Crippen LogP contribution in [0.2, 0.25) is 0 Å². The van der Waals surface area contributed by atoms with Gasteiger partial charge in [0.1, 0.15) is 11.3 Å². The summed E-state index contributed by atoms with van der Waals surface area (Å²) in [6.07, 6.45) is 1.56. The molecule has 1 heterocycles. The number of hydrazine groups is 1. The number of carbonyl (C=O) groups excluding carboxylic acids is 2. The third-order valence-corrected chi connectivity index (χ3v) is 4.01. The Hall–Kier alpha value is -2.60. The zero-order chi connectivity index (χ0) is 16.4. The lowest BCUT2D eigenvalue weighted by molar-refractivity contribution is -0.117. The normalized spacial score (nSPS) is 15.9. The third kappa shape index (κ3) is 2.98. The van der Waals surface area contributed by atoms with Crippen molar-refractivity contribution in [2.45, 2.75) is 0 Å². The Morgan fingerprint density at radius 2 is 1.87 bits per heavy atom.